The Hall–Kier alpha value is -5.04. The lowest BCUT2D eigenvalue weighted by Crippen LogP contribution is -2.70. The van der Waals surface area contributed by atoms with Gasteiger partial charge in [0.05, 0.1) is 24.8 Å². The van der Waals surface area contributed by atoms with Gasteiger partial charge in [-0.2, -0.15) is 0 Å². The van der Waals surface area contributed by atoms with Crippen LogP contribution in [0.25, 0.3) is 0 Å². The number of carbonyl (C=O) groups is 2. The first-order valence-corrected chi connectivity index (χ1v) is 19.8. The number of ether oxygens (including phenoxy) is 4. The standard InChI is InChI=1S/C45H53FN2O9/c1-4-23-55-45-41(48(44(52)54-5-2)28-30-15-17-33(46)18-16-30)27-39(47-53-3)37-25-32(12-6-8-21-49)36(14-7-9-22-50)42(43(37)45)38-26-35(19-20-40(38)57-45)56-34-13-10-11-31(24-34)29-51/h4,10-11,13,15-20,24-26,29,32,36,41-43,49-50H,1,5-9,12,14,21-23,27-28H2,2-3H3/t32-,36+,41-,42+,43+,45+/m0/s1. The van der Waals surface area contributed by atoms with Crippen LogP contribution in [0.5, 0.6) is 17.2 Å². The molecule has 2 aliphatic carbocycles. The van der Waals surface area contributed by atoms with E-state index in [9.17, 15) is 24.2 Å². The Bertz CT molecular complexity index is 1920. The third kappa shape index (κ3) is 9.08. The fraction of sp³-hybridized carbons (Fsp3) is 0.444. The molecule has 3 aromatic rings. The first kappa shape index (κ1) is 41.6. The number of allylic oxidation sites excluding steroid dienone is 1. The molecule has 0 saturated heterocycles. The van der Waals surface area contributed by atoms with Crippen molar-refractivity contribution in [2.24, 2.45) is 22.9 Å². The predicted molar refractivity (Wildman–Crippen MR) is 213 cm³/mol. The highest BCUT2D eigenvalue weighted by Crippen LogP contribution is 2.62. The molecule has 0 spiro atoms. The summed E-state index contributed by atoms with van der Waals surface area (Å²) in [6.45, 7) is 6.13. The Morgan fingerprint density at radius 1 is 1.04 bits per heavy atom. The van der Waals surface area contributed by atoms with Gasteiger partial charge in [-0.25, -0.2) is 9.18 Å². The minimum atomic E-state index is -1.50. The molecule has 3 aliphatic rings. The van der Waals surface area contributed by atoms with Crippen LogP contribution in [0.1, 0.15) is 79.3 Å². The fourth-order valence-corrected chi connectivity index (χ4v) is 8.90. The molecule has 57 heavy (non-hydrogen) atoms. The van der Waals surface area contributed by atoms with Gasteiger partial charge in [0, 0.05) is 43.2 Å². The largest absolute Gasteiger partial charge is 0.459 e. The van der Waals surface area contributed by atoms with Gasteiger partial charge in [-0.05, 0) is 98.0 Å². The molecule has 1 saturated carbocycles. The number of rotatable bonds is 19. The van der Waals surface area contributed by atoms with E-state index < -0.39 is 29.7 Å². The van der Waals surface area contributed by atoms with Gasteiger partial charge in [-0.3, -0.25) is 9.69 Å². The van der Waals surface area contributed by atoms with Crippen LogP contribution in [-0.4, -0.2) is 78.6 Å². The summed E-state index contributed by atoms with van der Waals surface area (Å²) in [6, 6.07) is 17.8. The topological polar surface area (TPSA) is 136 Å². The first-order chi connectivity index (χ1) is 27.8. The number of hydrogen-bond donors (Lipinski definition) is 2. The highest BCUT2D eigenvalue weighted by Gasteiger charge is 2.65. The van der Waals surface area contributed by atoms with Crippen LogP contribution < -0.4 is 9.47 Å². The van der Waals surface area contributed by atoms with Crippen LogP contribution in [0.2, 0.25) is 0 Å². The number of fused-ring (bicyclic) bond motifs is 2. The van der Waals surface area contributed by atoms with Crippen molar-refractivity contribution in [2.45, 2.75) is 76.2 Å². The zero-order valence-electron chi connectivity index (χ0n) is 32.7. The van der Waals surface area contributed by atoms with E-state index in [1.165, 1.54) is 19.2 Å². The number of oxime groups is 1. The van der Waals surface area contributed by atoms with E-state index in [0.717, 1.165) is 43.1 Å². The molecule has 1 amide bonds. The maximum absolute atomic E-state index is 14.2. The van der Waals surface area contributed by atoms with E-state index in [-0.39, 0.29) is 57.1 Å². The number of benzene rings is 3. The number of aldehydes is 1. The number of amides is 1. The summed E-state index contributed by atoms with van der Waals surface area (Å²) in [7, 11) is 1.49. The Kier molecular flexibility index (Phi) is 14.2. The molecule has 11 nitrogen and oxygen atoms in total. The number of carbonyl (C=O) groups excluding carboxylic acids is 2. The van der Waals surface area contributed by atoms with E-state index in [1.54, 1.807) is 54.3 Å². The molecular formula is C45H53FN2O9. The Balaban J connectivity index is 1.59. The van der Waals surface area contributed by atoms with Gasteiger partial charge in [-0.15, -0.1) is 6.58 Å². The van der Waals surface area contributed by atoms with Crippen molar-refractivity contribution >= 4 is 18.1 Å². The molecule has 6 atom stereocenters. The lowest BCUT2D eigenvalue weighted by atomic mass is 9.55. The molecule has 0 bridgehead atoms. The van der Waals surface area contributed by atoms with E-state index >= 15 is 0 Å². The van der Waals surface area contributed by atoms with Crippen LogP contribution >= 0.6 is 0 Å². The average molecular weight is 785 g/mol. The highest BCUT2D eigenvalue weighted by atomic mass is 19.1. The van der Waals surface area contributed by atoms with Crippen molar-refractivity contribution in [2.75, 3.05) is 33.5 Å². The zero-order valence-corrected chi connectivity index (χ0v) is 32.7. The summed E-state index contributed by atoms with van der Waals surface area (Å²) in [5.41, 5.74) is 3.56. The molecule has 1 fully saturated rings. The van der Waals surface area contributed by atoms with Crippen LogP contribution in [0, 0.1) is 23.6 Å². The van der Waals surface area contributed by atoms with Crippen LogP contribution in [0.15, 0.2) is 96.2 Å². The number of aliphatic hydroxyl groups is 2. The van der Waals surface area contributed by atoms with Crippen LogP contribution in [0.4, 0.5) is 9.18 Å². The smallest absolute Gasteiger partial charge is 0.410 e. The molecule has 304 valence electrons. The number of halogens is 1. The number of unbranched alkanes of at least 4 members (excludes halogenated alkanes) is 2. The SMILES string of the molecule is C=CCO[C@@]12Oc3ccc(Oc4cccc(C=O)c4)cc3[C@H]3[C@H](CCCCO)[C@@H](CCCCO)C=C(C(=NOC)C[C@@H]1N(Cc1ccc(F)cc1)C(=O)OCC)[C@H]32. The molecule has 0 unspecified atom stereocenters. The quantitative estimate of drug-likeness (QED) is 0.0532. The summed E-state index contributed by atoms with van der Waals surface area (Å²) in [5, 5.41) is 24.3. The van der Waals surface area contributed by atoms with Crippen molar-refractivity contribution in [3.8, 4) is 17.2 Å². The lowest BCUT2D eigenvalue weighted by molar-refractivity contribution is -0.256. The second-order valence-corrected chi connectivity index (χ2v) is 14.7. The van der Waals surface area contributed by atoms with Crippen molar-refractivity contribution in [1.29, 1.82) is 0 Å². The molecule has 6 rings (SSSR count). The lowest BCUT2D eigenvalue weighted by Gasteiger charge is -2.59. The van der Waals surface area contributed by atoms with Gasteiger partial charge >= 0.3 is 6.09 Å². The molecule has 0 radical (unpaired) electrons. The zero-order chi connectivity index (χ0) is 40.4. The summed E-state index contributed by atoms with van der Waals surface area (Å²) in [4.78, 5) is 32.9. The highest BCUT2D eigenvalue weighted by molar-refractivity contribution is 6.03. The van der Waals surface area contributed by atoms with Crippen molar-refractivity contribution < 1.29 is 48.0 Å². The van der Waals surface area contributed by atoms with E-state index in [1.807, 2.05) is 18.2 Å². The molecule has 3 aromatic carbocycles. The third-order valence-electron chi connectivity index (χ3n) is 11.2. The molecule has 1 heterocycles. The average Bonchev–Trinajstić information content (AvgIpc) is 3.22. The molecular weight excluding hydrogens is 731 g/mol. The molecule has 2 N–H and O–H groups in total. The van der Waals surface area contributed by atoms with Gasteiger partial charge < -0.3 is 34.0 Å². The molecule has 12 heteroatoms. The minimum absolute atomic E-state index is 0.00248. The summed E-state index contributed by atoms with van der Waals surface area (Å²) >= 11 is 0. The van der Waals surface area contributed by atoms with Crippen LogP contribution in [0.3, 0.4) is 0 Å². The number of aliphatic hydroxyl groups excluding tert-OH is 2. The Labute approximate surface area is 333 Å². The van der Waals surface area contributed by atoms with Crippen molar-refractivity contribution in [3.63, 3.8) is 0 Å². The Morgan fingerprint density at radius 3 is 2.49 bits per heavy atom. The molecule has 0 aromatic heterocycles. The maximum atomic E-state index is 14.2. The Morgan fingerprint density at radius 2 is 1.79 bits per heavy atom. The third-order valence-corrected chi connectivity index (χ3v) is 11.2. The van der Waals surface area contributed by atoms with E-state index in [2.05, 4.69) is 17.8 Å². The second-order valence-electron chi connectivity index (χ2n) is 14.7. The minimum Gasteiger partial charge on any atom is -0.459 e. The number of hydrogen-bond acceptors (Lipinski definition) is 10. The van der Waals surface area contributed by atoms with Gasteiger partial charge in [0.25, 0.3) is 0 Å². The summed E-state index contributed by atoms with van der Waals surface area (Å²) in [6.07, 6.45) is 8.67. The van der Waals surface area contributed by atoms with Crippen molar-refractivity contribution in [3.05, 3.63) is 114 Å². The summed E-state index contributed by atoms with van der Waals surface area (Å²) in [5.74, 6) is -1.06. The normalized spacial score (nSPS) is 24.0. The van der Waals surface area contributed by atoms with Gasteiger partial charge in [0.2, 0.25) is 5.79 Å². The predicted octanol–water partition coefficient (Wildman–Crippen LogP) is 8.35. The first-order valence-electron chi connectivity index (χ1n) is 19.8. The maximum Gasteiger partial charge on any atom is 0.410 e. The van der Waals surface area contributed by atoms with Crippen molar-refractivity contribution in [1.82, 2.24) is 4.90 Å². The second kappa shape index (κ2) is 19.4. The van der Waals surface area contributed by atoms with E-state index in [0.29, 0.717) is 46.9 Å². The fourth-order valence-electron chi connectivity index (χ4n) is 8.90. The van der Waals surface area contributed by atoms with Gasteiger partial charge in [-0.1, -0.05) is 54.4 Å². The van der Waals surface area contributed by atoms with Crippen LogP contribution in [-0.2, 0) is 20.9 Å². The monoisotopic (exact) mass is 784 g/mol. The van der Waals surface area contributed by atoms with Gasteiger partial charge in [0.1, 0.15) is 42.5 Å². The summed E-state index contributed by atoms with van der Waals surface area (Å²) < 4.78 is 40.4. The molecule has 1 aliphatic heterocycles. The van der Waals surface area contributed by atoms with Gasteiger partial charge in [0.15, 0.2) is 0 Å². The number of nitrogens with zero attached hydrogens (tertiary/aromatic N) is 2. The van der Waals surface area contributed by atoms with E-state index in [4.69, 9.17) is 23.8 Å².